The van der Waals surface area contributed by atoms with Gasteiger partial charge in [0, 0.05) is 18.7 Å². The van der Waals surface area contributed by atoms with Crippen LogP contribution in [0.2, 0.25) is 5.02 Å². The first-order valence-corrected chi connectivity index (χ1v) is 12.4. The second-order valence-electron chi connectivity index (χ2n) is 8.71. The smallest absolute Gasteiger partial charge is 0.253 e. The molecule has 1 fully saturated rings. The lowest BCUT2D eigenvalue weighted by Gasteiger charge is -2.31. The van der Waals surface area contributed by atoms with Gasteiger partial charge in [-0.05, 0) is 50.1 Å². The number of rotatable bonds is 9. The molecule has 0 bridgehead atoms. The van der Waals surface area contributed by atoms with Crippen LogP contribution in [-0.2, 0) is 11.3 Å². The zero-order chi connectivity index (χ0) is 24.6. The number of nitrogens with zero attached hydrogens (tertiary/aromatic N) is 3. The fraction of sp³-hybridized carbons (Fsp3) is 0.385. The van der Waals surface area contributed by atoms with E-state index in [9.17, 15) is 9.59 Å². The van der Waals surface area contributed by atoms with Crippen LogP contribution in [0.15, 0.2) is 53.1 Å². The number of nitrogens with one attached hydrogen (secondary N) is 2. The largest absolute Gasteiger partial charge is 0.352 e. The van der Waals surface area contributed by atoms with Crippen molar-refractivity contribution in [3.63, 3.8) is 0 Å². The Morgan fingerprint density at radius 1 is 1.17 bits per heavy atom. The number of aromatic nitrogens is 2. The molecule has 2 N–H and O–H groups in total. The van der Waals surface area contributed by atoms with Crippen LogP contribution in [0.4, 0.5) is 5.69 Å². The number of piperidine rings is 1. The van der Waals surface area contributed by atoms with Crippen molar-refractivity contribution in [1.29, 1.82) is 0 Å². The lowest BCUT2D eigenvalue weighted by Crippen LogP contribution is -2.40. The molecule has 1 aliphatic rings. The number of para-hydroxylation sites is 1. The van der Waals surface area contributed by atoms with Crippen LogP contribution in [0.25, 0.3) is 11.4 Å². The van der Waals surface area contributed by atoms with Crippen molar-refractivity contribution in [3.8, 4) is 11.4 Å². The summed E-state index contributed by atoms with van der Waals surface area (Å²) in [6, 6.07) is 14.5. The number of unbranched alkanes of at least 4 members (excludes halogenated alkanes) is 1. The zero-order valence-corrected chi connectivity index (χ0v) is 20.6. The van der Waals surface area contributed by atoms with Crippen molar-refractivity contribution in [3.05, 3.63) is 65.0 Å². The number of anilines is 1. The van der Waals surface area contributed by atoms with E-state index < -0.39 is 0 Å². The van der Waals surface area contributed by atoms with Crippen LogP contribution in [0, 0.1) is 5.92 Å². The third-order valence-electron chi connectivity index (χ3n) is 6.06. The van der Waals surface area contributed by atoms with Gasteiger partial charge in [-0.15, -0.1) is 0 Å². The third-order valence-corrected chi connectivity index (χ3v) is 6.39. The number of amides is 2. The van der Waals surface area contributed by atoms with Crippen LogP contribution < -0.4 is 10.6 Å². The second kappa shape index (κ2) is 12.0. The molecule has 4 rings (SSSR count). The van der Waals surface area contributed by atoms with Gasteiger partial charge in [-0.25, -0.2) is 0 Å². The molecule has 8 nitrogen and oxygen atoms in total. The zero-order valence-electron chi connectivity index (χ0n) is 19.8. The van der Waals surface area contributed by atoms with E-state index in [-0.39, 0.29) is 17.7 Å². The minimum absolute atomic E-state index is 0.0919. The number of halogens is 1. The fourth-order valence-electron chi connectivity index (χ4n) is 4.17. The van der Waals surface area contributed by atoms with Gasteiger partial charge in [0.2, 0.25) is 17.6 Å². The first-order chi connectivity index (χ1) is 17.0. The molecule has 0 spiro atoms. The van der Waals surface area contributed by atoms with Crippen molar-refractivity contribution in [1.82, 2.24) is 20.4 Å². The van der Waals surface area contributed by atoms with Crippen LogP contribution in [0.1, 0.15) is 48.9 Å². The van der Waals surface area contributed by atoms with Crippen LogP contribution in [-0.4, -0.2) is 46.5 Å². The molecule has 0 aliphatic carbocycles. The highest BCUT2D eigenvalue weighted by Crippen LogP contribution is 2.26. The maximum absolute atomic E-state index is 13.1. The van der Waals surface area contributed by atoms with Gasteiger partial charge in [-0.3, -0.25) is 14.5 Å². The highest BCUT2D eigenvalue weighted by molar-refractivity contribution is 6.33. The molecule has 1 unspecified atom stereocenters. The summed E-state index contributed by atoms with van der Waals surface area (Å²) in [6.07, 6.45) is 3.57. The lowest BCUT2D eigenvalue weighted by atomic mass is 9.96. The molecule has 1 aromatic heterocycles. The summed E-state index contributed by atoms with van der Waals surface area (Å²) >= 11 is 6.24. The summed E-state index contributed by atoms with van der Waals surface area (Å²) in [5, 5.41) is 10.5. The van der Waals surface area contributed by atoms with E-state index in [1.54, 1.807) is 24.3 Å². The number of likely N-dealkylation sites (tertiary alicyclic amines) is 1. The first kappa shape index (κ1) is 24.9. The number of hydrogen-bond acceptors (Lipinski definition) is 6. The molecule has 2 heterocycles. The topological polar surface area (TPSA) is 100 Å². The van der Waals surface area contributed by atoms with Gasteiger partial charge in [-0.2, -0.15) is 4.98 Å². The average Bonchev–Trinajstić information content (AvgIpc) is 3.33. The minimum Gasteiger partial charge on any atom is -0.352 e. The van der Waals surface area contributed by atoms with E-state index in [4.69, 9.17) is 16.1 Å². The highest BCUT2D eigenvalue weighted by Gasteiger charge is 2.28. The molecule has 35 heavy (non-hydrogen) atoms. The molecule has 1 saturated heterocycles. The third kappa shape index (κ3) is 6.46. The summed E-state index contributed by atoms with van der Waals surface area (Å²) in [4.78, 5) is 32.3. The van der Waals surface area contributed by atoms with Gasteiger partial charge in [0.05, 0.1) is 28.7 Å². The van der Waals surface area contributed by atoms with E-state index in [0.29, 0.717) is 47.6 Å². The maximum atomic E-state index is 13.1. The predicted molar refractivity (Wildman–Crippen MR) is 135 cm³/mol. The number of carbonyl (C=O) groups excluding carboxylic acids is 2. The Morgan fingerprint density at radius 3 is 2.80 bits per heavy atom. The molecular formula is C26H30ClN5O3. The molecular weight excluding hydrogens is 466 g/mol. The molecule has 3 aromatic rings. The van der Waals surface area contributed by atoms with Gasteiger partial charge in [0.25, 0.3) is 5.91 Å². The molecule has 0 saturated carbocycles. The van der Waals surface area contributed by atoms with Crippen molar-refractivity contribution < 1.29 is 14.1 Å². The Balaban J connectivity index is 1.36. The van der Waals surface area contributed by atoms with Gasteiger partial charge in [0.15, 0.2) is 0 Å². The van der Waals surface area contributed by atoms with Gasteiger partial charge >= 0.3 is 0 Å². The maximum Gasteiger partial charge on any atom is 0.253 e. The Labute approximate surface area is 210 Å². The standard InChI is InChI=1S/C26H30ClN5O3/c1-2-3-14-28-26(34)20-11-5-7-13-22(20)29-25(33)18-9-8-15-32(16-18)17-23-30-24(31-35-23)19-10-4-6-12-21(19)27/h4-7,10-13,18H,2-3,8-9,14-17H2,1H3,(H,28,34)(H,29,33). The quantitative estimate of drug-likeness (QED) is 0.415. The van der Waals surface area contributed by atoms with E-state index in [1.165, 1.54) is 0 Å². The van der Waals surface area contributed by atoms with Crippen molar-refractivity contribution >= 4 is 29.1 Å². The van der Waals surface area contributed by atoms with Gasteiger partial charge < -0.3 is 15.2 Å². The normalized spacial score (nSPS) is 16.1. The SMILES string of the molecule is CCCCNC(=O)c1ccccc1NC(=O)C1CCCN(Cc2nc(-c3ccccc3Cl)no2)C1. The van der Waals surface area contributed by atoms with E-state index in [2.05, 4.69) is 32.6 Å². The van der Waals surface area contributed by atoms with Gasteiger partial charge in [-0.1, -0.05) is 54.4 Å². The first-order valence-electron chi connectivity index (χ1n) is 12.0. The van der Waals surface area contributed by atoms with Crippen LogP contribution in [0.5, 0.6) is 0 Å². The van der Waals surface area contributed by atoms with E-state index in [1.807, 2.05) is 24.3 Å². The Morgan fingerprint density at radius 2 is 1.97 bits per heavy atom. The second-order valence-corrected chi connectivity index (χ2v) is 9.12. The molecule has 2 aromatic carbocycles. The van der Waals surface area contributed by atoms with Crippen molar-refractivity contribution in [2.24, 2.45) is 5.92 Å². The van der Waals surface area contributed by atoms with Crippen molar-refractivity contribution in [2.45, 2.75) is 39.2 Å². The predicted octanol–water partition coefficient (Wildman–Crippen LogP) is 4.77. The molecule has 0 radical (unpaired) electrons. The fourth-order valence-corrected chi connectivity index (χ4v) is 4.39. The molecule has 9 heteroatoms. The summed E-state index contributed by atoms with van der Waals surface area (Å²) in [5.74, 6) is 0.461. The number of hydrogen-bond donors (Lipinski definition) is 2. The minimum atomic E-state index is -0.203. The lowest BCUT2D eigenvalue weighted by molar-refractivity contribution is -0.121. The van der Waals surface area contributed by atoms with Crippen molar-refractivity contribution in [2.75, 3.05) is 25.0 Å². The summed E-state index contributed by atoms with van der Waals surface area (Å²) in [6.45, 7) is 4.55. The Hall–Kier alpha value is -3.23. The number of carbonyl (C=O) groups is 2. The van der Waals surface area contributed by atoms with E-state index in [0.717, 1.165) is 37.8 Å². The molecule has 1 aliphatic heterocycles. The summed E-state index contributed by atoms with van der Waals surface area (Å²) < 4.78 is 5.44. The van der Waals surface area contributed by atoms with Gasteiger partial charge in [0.1, 0.15) is 0 Å². The molecule has 2 amide bonds. The van der Waals surface area contributed by atoms with Crippen LogP contribution >= 0.6 is 11.6 Å². The number of benzene rings is 2. The summed E-state index contributed by atoms with van der Waals surface area (Å²) in [5.41, 5.74) is 1.73. The average molecular weight is 496 g/mol. The Bertz CT molecular complexity index is 1170. The molecule has 1 atom stereocenters. The van der Waals surface area contributed by atoms with Crippen LogP contribution in [0.3, 0.4) is 0 Å². The van der Waals surface area contributed by atoms with E-state index >= 15 is 0 Å². The highest BCUT2D eigenvalue weighted by atomic mass is 35.5. The molecule has 184 valence electrons. The Kier molecular flexibility index (Phi) is 8.50. The summed E-state index contributed by atoms with van der Waals surface area (Å²) in [7, 11) is 0. The monoisotopic (exact) mass is 495 g/mol.